The molecule has 1 N–H and O–H groups in total. The average molecular weight is 243 g/mol. The first-order valence-corrected chi connectivity index (χ1v) is 4.97. The van der Waals surface area contributed by atoms with Crippen molar-refractivity contribution >= 4 is 34.1 Å². The van der Waals surface area contributed by atoms with Crippen LogP contribution in [0.15, 0.2) is 23.1 Å². The molecule has 0 unspecified atom stereocenters. The number of hydrogen-bond acceptors (Lipinski definition) is 2. The van der Waals surface area contributed by atoms with Gasteiger partial charge in [0.1, 0.15) is 4.90 Å². The van der Waals surface area contributed by atoms with E-state index in [1.54, 1.807) is 19.1 Å². The second kappa shape index (κ2) is 4.28. The molecule has 0 radical (unpaired) electrons. The normalized spacial score (nSPS) is 10.7. The lowest BCUT2D eigenvalue weighted by Crippen LogP contribution is -2.01. The molecule has 0 aromatic heterocycles. The molecule has 6 heteroatoms. The SMILES string of the molecule is Cc1cccc(Cl)c1S(=O)(=O)O.Cl. The minimum atomic E-state index is -4.20. The zero-order chi connectivity index (χ0) is 9.35. The van der Waals surface area contributed by atoms with E-state index in [4.69, 9.17) is 16.2 Å². The van der Waals surface area contributed by atoms with Crippen LogP contribution in [0.3, 0.4) is 0 Å². The topological polar surface area (TPSA) is 54.4 Å². The van der Waals surface area contributed by atoms with Crippen LogP contribution in [-0.4, -0.2) is 13.0 Å². The quantitative estimate of drug-likeness (QED) is 0.770. The van der Waals surface area contributed by atoms with E-state index in [9.17, 15) is 8.42 Å². The van der Waals surface area contributed by atoms with E-state index in [1.807, 2.05) is 0 Å². The summed E-state index contributed by atoms with van der Waals surface area (Å²) in [5, 5.41) is 0.0394. The molecule has 0 saturated heterocycles. The second-order valence-corrected chi connectivity index (χ2v) is 4.13. The lowest BCUT2D eigenvalue weighted by Gasteiger charge is -2.02. The Morgan fingerprint density at radius 2 is 1.92 bits per heavy atom. The van der Waals surface area contributed by atoms with Gasteiger partial charge in [0.15, 0.2) is 0 Å². The third-order valence-electron chi connectivity index (χ3n) is 1.42. The smallest absolute Gasteiger partial charge is 0.282 e. The fraction of sp³-hybridized carbons (Fsp3) is 0.143. The molecular weight excluding hydrogens is 235 g/mol. The van der Waals surface area contributed by atoms with Gasteiger partial charge in [0.2, 0.25) is 0 Å². The van der Waals surface area contributed by atoms with Crippen molar-refractivity contribution in [2.24, 2.45) is 0 Å². The highest BCUT2D eigenvalue weighted by atomic mass is 35.5. The molecule has 13 heavy (non-hydrogen) atoms. The average Bonchev–Trinajstić information content (AvgIpc) is 1.82. The Kier molecular flexibility index (Phi) is 4.19. The van der Waals surface area contributed by atoms with Crippen molar-refractivity contribution in [2.45, 2.75) is 11.8 Å². The van der Waals surface area contributed by atoms with E-state index in [1.165, 1.54) is 6.07 Å². The third kappa shape index (κ3) is 2.84. The van der Waals surface area contributed by atoms with Crippen molar-refractivity contribution in [3.63, 3.8) is 0 Å². The molecule has 0 heterocycles. The molecule has 3 nitrogen and oxygen atoms in total. The van der Waals surface area contributed by atoms with Gasteiger partial charge in [-0.05, 0) is 18.6 Å². The summed E-state index contributed by atoms with van der Waals surface area (Å²) in [6.45, 7) is 1.56. The first-order valence-electron chi connectivity index (χ1n) is 3.15. The van der Waals surface area contributed by atoms with E-state index >= 15 is 0 Å². The van der Waals surface area contributed by atoms with Gasteiger partial charge in [-0.15, -0.1) is 12.4 Å². The highest BCUT2D eigenvalue weighted by Gasteiger charge is 2.16. The number of halogens is 2. The molecule has 0 aliphatic carbocycles. The first-order chi connectivity index (χ1) is 5.43. The molecule has 0 aliphatic rings. The molecule has 0 saturated carbocycles. The van der Waals surface area contributed by atoms with Crippen LogP contribution in [0, 0.1) is 6.92 Å². The summed E-state index contributed by atoms with van der Waals surface area (Å²) >= 11 is 5.57. The fourth-order valence-electron chi connectivity index (χ4n) is 0.943. The number of rotatable bonds is 1. The van der Waals surface area contributed by atoms with Crippen LogP contribution in [0.2, 0.25) is 5.02 Å². The molecule has 1 aromatic rings. The number of aryl methyl sites for hydroxylation is 1. The van der Waals surface area contributed by atoms with Crippen LogP contribution >= 0.6 is 24.0 Å². The maximum Gasteiger partial charge on any atom is 0.296 e. The summed E-state index contributed by atoms with van der Waals surface area (Å²) < 4.78 is 30.2. The summed E-state index contributed by atoms with van der Waals surface area (Å²) in [5.74, 6) is 0. The maximum atomic E-state index is 10.7. The van der Waals surface area contributed by atoms with E-state index in [0.717, 1.165) is 0 Å². The summed E-state index contributed by atoms with van der Waals surface area (Å²) in [6, 6.07) is 4.60. The van der Waals surface area contributed by atoms with Crippen LogP contribution in [0.5, 0.6) is 0 Å². The highest BCUT2D eigenvalue weighted by molar-refractivity contribution is 7.86. The van der Waals surface area contributed by atoms with E-state index < -0.39 is 10.1 Å². The Morgan fingerprint density at radius 3 is 2.23 bits per heavy atom. The van der Waals surface area contributed by atoms with Gasteiger partial charge in [0.05, 0.1) is 5.02 Å². The van der Waals surface area contributed by atoms with Crippen molar-refractivity contribution in [1.82, 2.24) is 0 Å². The molecule has 0 bridgehead atoms. The summed E-state index contributed by atoms with van der Waals surface area (Å²) in [4.78, 5) is -0.216. The van der Waals surface area contributed by atoms with Crippen molar-refractivity contribution in [3.8, 4) is 0 Å². The Balaban J connectivity index is 0.00000144. The van der Waals surface area contributed by atoms with Gasteiger partial charge >= 0.3 is 0 Å². The predicted molar refractivity (Wildman–Crippen MR) is 53.3 cm³/mol. The van der Waals surface area contributed by atoms with Gasteiger partial charge < -0.3 is 0 Å². The van der Waals surface area contributed by atoms with E-state index in [-0.39, 0.29) is 22.3 Å². The molecular formula is C7H8Cl2O3S. The monoisotopic (exact) mass is 242 g/mol. The van der Waals surface area contributed by atoms with Crippen LogP contribution < -0.4 is 0 Å². The molecule has 0 aliphatic heterocycles. The molecule has 74 valence electrons. The summed E-state index contributed by atoms with van der Waals surface area (Å²) in [6.07, 6.45) is 0. The largest absolute Gasteiger partial charge is 0.296 e. The molecule has 0 fully saturated rings. The van der Waals surface area contributed by atoms with Crippen LogP contribution in [0.1, 0.15) is 5.56 Å². The van der Waals surface area contributed by atoms with E-state index in [2.05, 4.69) is 0 Å². The van der Waals surface area contributed by atoms with Crippen LogP contribution in [0.4, 0.5) is 0 Å². The lowest BCUT2D eigenvalue weighted by molar-refractivity contribution is 0.482. The lowest BCUT2D eigenvalue weighted by atomic mass is 10.2. The van der Waals surface area contributed by atoms with E-state index in [0.29, 0.717) is 5.56 Å². The summed E-state index contributed by atoms with van der Waals surface area (Å²) in [5.41, 5.74) is 0.435. The molecule has 1 rings (SSSR count). The van der Waals surface area contributed by atoms with Gasteiger partial charge in [-0.3, -0.25) is 4.55 Å². The van der Waals surface area contributed by atoms with Gasteiger partial charge in [-0.2, -0.15) is 8.42 Å². The minimum Gasteiger partial charge on any atom is -0.282 e. The fourth-order valence-corrected chi connectivity index (χ4v) is 2.25. The molecule has 1 aromatic carbocycles. The van der Waals surface area contributed by atoms with Crippen molar-refractivity contribution in [3.05, 3.63) is 28.8 Å². The number of benzene rings is 1. The molecule has 0 atom stereocenters. The van der Waals surface area contributed by atoms with Gasteiger partial charge in [-0.1, -0.05) is 23.7 Å². The third-order valence-corrected chi connectivity index (χ3v) is 2.91. The van der Waals surface area contributed by atoms with Crippen molar-refractivity contribution in [1.29, 1.82) is 0 Å². The first kappa shape index (κ1) is 12.7. The van der Waals surface area contributed by atoms with Crippen LogP contribution in [0.25, 0.3) is 0 Å². The Bertz CT molecular complexity index is 380. The Hall–Kier alpha value is -0.290. The van der Waals surface area contributed by atoms with Gasteiger partial charge in [-0.25, -0.2) is 0 Å². The van der Waals surface area contributed by atoms with Crippen LogP contribution in [-0.2, 0) is 10.1 Å². The van der Waals surface area contributed by atoms with Crippen molar-refractivity contribution < 1.29 is 13.0 Å². The standard InChI is InChI=1S/C7H7ClO3S.ClH/c1-5-3-2-4-6(8)7(5)12(9,10)11;/h2-4H,1H3,(H,9,10,11);1H. The second-order valence-electron chi connectivity index (χ2n) is 2.36. The van der Waals surface area contributed by atoms with Crippen molar-refractivity contribution in [2.75, 3.05) is 0 Å². The predicted octanol–water partition coefficient (Wildman–Crippen LogP) is 2.32. The maximum absolute atomic E-state index is 10.7. The Labute approximate surface area is 87.9 Å². The zero-order valence-electron chi connectivity index (χ0n) is 6.69. The highest BCUT2D eigenvalue weighted by Crippen LogP contribution is 2.23. The van der Waals surface area contributed by atoms with Gasteiger partial charge in [0.25, 0.3) is 10.1 Å². The molecule has 0 amide bonds. The zero-order valence-corrected chi connectivity index (χ0v) is 9.08. The summed E-state index contributed by atoms with van der Waals surface area (Å²) in [7, 11) is -4.20. The minimum absolute atomic E-state index is 0. The van der Waals surface area contributed by atoms with Gasteiger partial charge in [0, 0.05) is 0 Å². The Morgan fingerprint density at radius 1 is 1.38 bits per heavy atom. The molecule has 0 spiro atoms. The number of hydrogen-bond donors (Lipinski definition) is 1.